The first-order valence-corrected chi connectivity index (χ1v) is 6.74. The average molecular weight is 256 g/mol. The highest BCUT2D eigenvalue weighted by Gasteiger charge is 2.07. The van der Waals surface area contributed by atoms with Crippen molar-refractivity contribution in [3.8, 4) is 5.75 Å². The van der Waals surface area contributed by atoms with Crippen LogP contribution < -0.4 is 4.74 Å². The zero-order valence-electron chi connectivity index (χ0n) is 11.3. The zero-order chi connectivity index (χ0) is 13.5. The van der Waals surface area contributed by atoms with Crippen LogP contribution in [-0.2, 0) is 6.42 Å². The molecule has 0 fully saturated rings. The zero-order valence-corrected chi connectivity index (χ0v) is 11.3. The smallest absolute Gasteiger partial charge is 0.119 e. The van der Waals surface area contributed by atoms with Crippen LogP contribution in [-0.4, -0.2) is 11.7 Å². The van der Waals surface area contributed by atoms with E-state index in [1.54, 1.807) is 0 Å². The lowest BCUT2D eigenvalue weighted by Crippen LogP contribution is -2.00. The summed E-state index contributed by atoms with van der Waals surface area (Å²) in [5, 5.41) is 10.1. The normalized spacial score (nSPS) is 12.1. The third kappa shape index (κ3) is 4.11. The van der Waals surface area contributed by atoms with Crippen LogP contribution in [0.3, 0.4) is 0 Å². The van der Waals surface area contributed by atoms with Crippen LogP contribution in [0.4, 0.5) is 0 Å². The van der Waals surface area contributed by atoms with Gasteiger partial charge in [0.15, 0.2) is 0 Å². The maximum Gasteiger partial charge on any atom is 0.119 e. The molecule has 2 aromatic carbocycles. The molecule has 0 amide bonds. The van der Waals surface area contributed by atoms with E-state index in [2.05, 4.69) is 6.07 Å². The highest BCUT2D eigenvalue weighted by molar-refractivity contribution is 5.29. The molecule has 0 radical (unpaired) electrons. The van der Waals surface area contributed by atoms with Crippen molar-refractivity contribution >= 4 is 0 Å². The Morgan fingerprint density at radius 3 is 2.58 bits per heavy atom. The Kier molecular flexibility index (Phi) is 4.99. The summed E-state index contributed by atoms with van der Waals surface area (Å²) < 4.78 is 5.48. The van der Waals surface area contributed by atoms with Gasteiger partial charge in [-0.3, -0.25) is 0 Å². The second-order valence-electron chi connectivity index (χ2n) is 4.55. The summed E-state index contributed by atoms with van der Waals surface area (Å²) in [5.74, 6) is 0.897. The van der Waals surface area contributed by atoms with Gasteiger partial charge in [0.1, 0.15) is 5.75 Å². The lowest BCUT2D eigenvalue weighted by atomic mass is 10.0. The molecule has 2 nitrogen and oxygen atoms in total. The number of aliphatic hydroxyl groups excluding tert-OH is 1. The van der Waals surface area contributed by atoms with E-state index in [9.17, 15) is 5.11 Å². The highest BCUT2D eigenvalue weighted by atomic mass is 16.5. The maximum absolute atomic E-state index is 10.1. The molecule has 0 aliphatic carbocycles. The standard InChI is InChI=1S/C17H20O2/c1-2-19-16-10-6-7-14(13-16)11-12-17(18)15-8-4-3-5-9-15/h3-10,13,17-18H,2,11-12H2,1H3. The molecular formula is C17H20O2. The summed E-state index contributed by atoms with van der Waals surface area (Å²) >= 11 is 0. The summed E-state index contributed by atoms with van der Waals surface area (Å²) in [4.78, 5) is 0. The van der Waals surface area contributed by atoms with Crippen molar-refractivity contribution in [3.63, 3.8) is 0 Å². The third-order valence-electron chi connectivity index (χ3n) is 3.10. The van der Waals surface area contributed by atoms with Crippen LogP contribution >= 0.6 is 0 Å². The van der Waals surface area contributed by atoms with E-state index in [0.29, 0.717) is 6.61 Å². The van der Waals surface area contributed by atoms with Gasteiger partial charge >= 0.3 is 0 Å². The number of hydrogen-bond donors (Lipinski definition) is 1. The first-order chi connectivity index (χ1) is 9.29. The van der Waals surface area contributed by atoms with Gasteiger partial charge in [-0.2, -0.15) is 0 Å². The van der Waals surface area contributed by atoms with Gasteiger partial charge in [0.2, 0.25) is 0 Å². The molecule has 0 saturated heterocycles. The summed E-state index contributed by atoms with van der Waals surface area (Å²) in [7, 11) is 0. The number of ether oxygens (including phenoxy) is 1. The van der Waals surface area contributed by atoms with Crippen molar-refractivity contribution in [3.05, 3.63) is 65.7 Å². The van der Waals surface area contributed by atoms with Gasteiger partial charge in [0.05, 0.1) is 12.7 Å². The first kappa shape index (κ1) is 13.6. The highest BCUT2D eigenvalue weighted by Crippen LogP contribution is 2.20. The molecule has 2 rings (SSSR count). The van der Waals surface area contributed by atoms with Gasteiger partial charge in [-0.1, -0.05) is 42.5 Å². The molecule has 19 heavy (non-hydrogen) atoms. The lowest BCUT2D eigenvalue weighted by molar-refractivity contribution is 0.168. The molecule has 0 spiro atoms. The minimum absolute atomic E-state index is 0.406. The van der Waals surface area contributed by atoms with Crippen molar-refractivity contribution in [2.24, 2.45) is 0 Å². The molecule has 2 heteroatoms. The van der Waals surface area contributed by atoms with Gasteiger partial charge < -0.3 is 9.84 Å². The molecule has 0 aliphatic heterocycles. The van der Waals surface area contributed by atoms with E-state index in [-0.39, 0.29) is 0 Å². The van der Waals surface area contributed by atoms with Crippen LogP contribution in [0.15, 0.2) is 54.6 Å². The molecule has 2 aromatic rings. The van der Waals surface area contributed by atoms with Crippen LogP contribution in [0.2, 0.25) is 0 Å². The van der Waals surface area contributed by atoms with E-state index in [0.717, 1.165) is 24.2 Å². The number of benzene rings is 2. The molecule has 1 unspecified atom stereocenters. The fraction of sp³-hybridized carbons (Fsp3) is 0.294. The van der Waals surface area contributed by atoms with Crippen LogP contribution in [0.1, 0.15) is 30.6 Å². The van der Waals surface area contributed by atoms with Crippen LogP contribution in [0, 0.1) is 0 Å². The van der Waals surface area contributed by atoms with Gasteiger partial charge in [0.25, 0.3) is 0 Å². The second kappa shape index (κ2) is 6.95. The fourth-order valence-electron chi connectivity index (χ4n) is 2.10. The lowest BCUT2D eigenvalue weighted by Gasteiger charge is -2.11. The largest absolute Gasteiger partial charge is 0.494 e. The van der Waals surface area contributed by atoms with Crippen LogP contribution in [0.25, 0.3) is 0 Å². The topological polar surface area (TPSA) is 29.5 Å². The van der Waals surface area contributed by atoms with Crippen molar-refractivity contribution in [1.82, 2.24) is 0 Å². The molecule has 0 aliphatic rings. The molecule has 1 atom stereocenters. The molecule has 0 heterocycles. The Hall–Kier alpha value is -1.80. The third-order valence-corrected chi connectivity index (χ3v) is 3.10. The SMILES string of the molecule is CCOc1cccc(CCC(O)c2ccccc2)c1. The monoisotopic (exact) mass is 256 g/mol. The minimum Gasteiger partial charge on any atom is -0.494 e. The summed E-state index contributed by atoms with van der Waals surface area (Å²) in [6, 6.07) is 17.9. The number of hydrogen-bond acceptors (Lipinski definition) is 2. The van der Waals surface area contributed by atoms with Crippen molar-refractivity contribution in [2.75, 3.05) is 6.61 Å². The number of rotatable bonds is 6. The van der Waals surface area contributed by atoms with E-state index in [1.165, 1.54) is 5.56 Å². The number of aliphatic hydroxyl groups is 1. The predicted octanol–water partition coefficient (Wildman–Crippen LogP) is 3.75. The van der Waals surface area contributed by atoms with Crippen molar-refractivity contribution < 1.29 is 9.84 Å². The minimum atomic E-state index is -0.406. The van der Waals surface area contributed by atoms with E-state index in [1.807, 2.05) is 55.5 Å². The molecular weight excluding hydrogens is 236 g/mol. The van der Waals surface area contributed by atoms with E-state index >= 15 is 0 Å². The van der Waals surface area contributed by atoms with Crippen molar-refractivity contribution in [2.45, 2.75) is 25.9 Å². The Labute approximate surface area is 114 Å². The summed E-state index contributed by atoms with van der Waals surface area (Å²) in [6.07, 6.45) is 1.16. The summed E-state index contributed by atoms with van der Waals surface area (Å²) in [6.45, 7) is 2.65. The van der Waals surface area contributed by atoms with Crippen LogP contribution in [0.5, 0.6) is 5.75 Å². The molecule has 0 bridgehead atoms. The van der Waals surface area contributed by atoms with Crippen molar-refractivity contribution in [1.29, 1.82) is 0 Å². The molecule has 0 aromatic heterocycles. The Balaban J connectivity index is 1.93. The fourth-order valence-corrected chi connectivity index (χ4v) is 2.10. The molecule has 100 valence electrons. The Morgan fingerprint density at radius 2 is 1.84 bits per heavy atom. The maximum atomic E-state index is 10.1. The van der Waals surface area contributed by atoms with Gasteiger partial charge in [-0.05, 0) is 43.0 Å². The second-order valence-corrected chi connectivity index (χ2v) is 4.55. The first-order valence-electron chi connectivity index (χ1n) is 6.74. The Morgan fingerprint density at radius 1 is 1.05 bits per heavy atom. The molecule has 1 N–H and O–H groups in total. The predicted molar refractivity (Wildman–Crippen MR) is 77.3 cm³/mol. The summed E-state index contributed by atoms with van der Waals surface area (Å²) in [5.41, 5.74) is 2.17. The van der Waals surface area contributed by atoms with Gasteiger partial charge in [0, 0.05) is 0 Å². The van der Waals surface area contributed by atoms with E-state index < -0.39 is 6.10 Å². The average Bonchev–Trinajstić information content (AvgIpc) is 2.46. The quantitative estimate of drug-likeness (QED) is 0.853. The van der Waals surface area contributed by atoms with E-state index in [4.69, 9.17) is 4.74 Å². The molecule has 0 saturated carbocycles. The van der Waals surface area contributed by atoms with Gasteiger partial charge in [-0.25, -0.2) is 0 Å². The van der Waals surface area contributed by atoms with Gasteiger partial charge in [-0.15, -0.1) is 0 Å². The Bertz CT molecular complexity index is 494. The number of aryl methyl sites for hydroxylation is 1.